The van der Waals surface area contributed by atoms with Crippen LogP contribution in [0.2, 0.25) is 0 Å². The molecule has 0 fully saturated rings. The minimum Gasteiger partial charge on any atom is -0.382 e. The molecule has 3 aromatic rings. The van der Waals surface area contributed by atoms with Crippen LogP contribution in [-0.4, -0.2) is 37.4 Å². The van der Waals surface area contributed by atoms with Crippen LogP contribution in [0, 0.1) is 11.2 Å². The fourth-order valence-corrected chi connectivity index (χ4v) is 2.20. The number of nitrogens with zero attached hydrogens (tertiary/aromatic N) is 5. The smallest absolute Gasteiger partial charge is 0.382 e. The molecule has 0 spiro atoms. The molecule has 1 aromatic carbocycles. The Morgan fingerprint density at radius 2 is 2.00 bits per heavy atom. The van der Waals surface area contributed by atoms with Crippen molar-refractivity contribution >= 4 is 17.3 Å². The van der Waals surface area contributed by atoms with E-state index in [-0.39, 0.29) is 17.8 Å². The summed E-state index contributed by atoms with van der Waals surface area (Å²) in [5.41, 5.74) is 6.32. The summed E-state index contributed by atoms with van der Waals surface area (Å²) >= 11 is 0. The Kier molecular flexibility index (Phi) is 4.36. The van der Waals surface area contributed by atoms with Gasteiger partial charge in [0.1, 0.15) is 17.8 Å². The predicted molar refractivity (Wildman–Crippen MR) is 84.5 cm³/mol. The van der Waals surface area contributed by atoms with E-state index in [4.69, 9.17) is 11.1 Å². The molecular formula is C15H11F4N7. The van der Waals surface area contributed by atoms with Crippen LogP contribution in [0.15, 0.2) is 41.8 Å². The van der Waals surface area contributed by atoms with Crippen molar-refractivity contribution in [2.45, 2.75) is 12.6 Å². The highest BCUT2D eigenvalue weighted by atomic mass is 19.4. The summed E-state index contributed by atoms with van der Waals surface area (Å²) in [4.78, 5) is 7.17. The molecule has 0 aliphatic carbocycles. The normalized spacial score (nSPS) is 12.5. The first-order valence-electron chi connectivity index (χ1n) is 7.18. The van der Waals surface area contributed by atoms with Gasteiger partial charge in [-0.3, -0.25) is 9.81 Å². The summed E-state index contributed by atoms with van der Waals surface area (Å²) < 4.78 is 52.7. The lowest BCUT2D eigenvalue weighted by atomic mass is 10.1. The van der Waals surface area contributed by atoms with Crippen molar-refractivity contribution in [1.82, 2.24) is 19.6 Å². The molecule has 3 rings (SSSR count). The van der Waals surface area contributed by atoms with Crippen LogP contribution in [-0.2, 0) is 6.42 Å². The molecule has 7 nitrogen and oxygen atoms in total. The van der Waals surface area contributed by atoms with E-state index in [2.05, 4.69) is 20.2 Å². The Balaban J connectivity index is 2.05. The molecule has 0 aliphatic heterocycles. The zero-order chi connectivity index (χ0) is 18.9. The van der Waals surface area contributed by atoms with Gasteiger partial charge in [-0.2, -0.15) is 13.2 Å². The number of aliphatic imine (C=N–C) groups is 1. The standard InChI is InChI=1S/C15H11F4N7/c16-9-4-2-1-3-8(9)5-10-13-25-22-7-26(13)6-11(23-10)12(20)24-14(21)15(17,18)19/h1-4,6-7H,5H2,(H3,20,21,24). The zero-order valence-electron chi connectivity index (χ0n) is 13.0. The fourth-order valence-electron chi connectivity index (χ4n) is 2.20. The molecule has 0 bridgehead atoms. The number of alkyl halides is 3. The molecule has 0 radical (unpaired) electrons. The molecule has 134 valence electrons. The highest BCUT2D eigenvalue weighted by molar-refractivity contribution is 6.04. The number of hydrogen-bond acceptors (Lipinski definition) is 4. The Labute approximate surface area is 143 Å². The van der Waals surface area contributed by atoms with Gasteiger partial charge in [0.05, 0.1) is 5.69 Å². The van der Waals surface area contributed by atoms with E-state index >= 15 is 0 Å². The largest absolute Gasteiger partial charge is 0.451 e. The number of fused-ring (bicyclic) bond motifs is 1. The third-order valence-electron chi connectivity index (χ3n) is 3.43. The molecule has 0 amide bonds. The van der Waals surface area contributed by atoms with E-state index in [0.29, 0.717) is 11.2 Å². The van der Waals surface area contributed by atoms with Crippen LogP contribution < -0.4 is 5.73 Å². The van der Waals surface area contributed by atoms with Gasteiger partial charge >= 0.3 is 6.18 Å². The van der Waals surface area contributed by atoms with Crippen LogP contribution >= 0.6 is 0 Å². The van der Waals surface area contributed by atoms with Gasteiger partial charge in [-0.05, 0) is 11.6 Å². The molecule has 0 saturated heterocycles. The lowest BCUT2D eigenvalue weighted by Crippen LogP contribution is -2.25. The van der Waals surface area contributed by atoms with Crippen molar-refractivity contribution in [2.24, 2.45) is 10.7 Å². The number of halogens is 4. The van der Waals surface area contributed by atoms with E-state index in [0.717, 1.165) is 0 Å². The second-order valence-electron chi connectivity index (χ2n) is 5.25. The number of benzene rings is 1. The molecule has 0 saturated carbocycles. The number of rotatable bonds is 3. The van der Waals surface area contributed by atoms with Crippen LogP contribution in [0.1, 0.15) is 17.0 Å². The SMILES string of the molecule is N=C(/N=C(\N)c1cn2cnnc2c(Cc2ccccc2F)n1)C(F)(F)F. The lowest BCUT2D eigenvalue weighted by molar-refractivity contribution is -0.0604. The summed E-state index contributed by atoms with van der Waals surface area (Å²) in [5, 5.41) is 14.5. The van der Waals surface area contributed by atoms with Gasteiger partial charge in [-0.25, -0.2) is 14.4 Å². The van der Waals surface area contributed by atoms with Crippen LogP contribution in [0.3, 0.4) is 0 Å². The number of amidine groups is 2. The summed E-state index contributed by atoms with van der Waals surface area (Å²) in [6.45, 7) is 0. The first kappa shape index (κ1) is 17.5. The highest BCUT2D eigenvalue weighted by Crippen LogP contribution is 2.18. The van der Waals surface area contributed by atoms with Gasteiger partial charge in [-0.15, -0.1) is 10.2 Å². The molecule has 0 unspecified atom stereocenters. The summed E-state index contributed by atoms with van der Waals surface area (Å²) in [7, 11) is 0. The van der Waals surface area contributed by atoms with E-state index in [9.17, 15) is 17.6 Å². The van der Waals surface area contributed by atoms with Gasteiger partial charge in [0, 0.05) is 12.6 Å². The molecule has 3 N–H and O–H groups in total. The molecule has 0 aliphatic rings. The third-order valence-corrected chi connectivity index (χ3v) is 3.43. The summed E-state index contributed by atoms with van der Waals surface area (Å²) in [6, 6.07) is 6.00. The maximum atomic E-state index is 13.9. The van der Waals surface area contributed by atoms with E-state index < -0.39 is 23.7 Å². The first-order valence-corrected chi connectivity index (χ1v) is 7.18. The van der Waals surface area contributed by atoms with Crippen LogP contribution in [0.5, 0.6) is 0 Å². The first-order chi connectivity index (χ1) is 12.3. The molecule has 2 heterocycles. The molecular weight excluding hydrogens is 354 g/mol. The fraction of sp³-hybridized carbons (Fsp3) is 0.133. The van der Waals surface area contributed by atoms with Crippen molar-refractivity contribution < 1.29 is 17.6 Å². The van der Waals surface area contributed by atoms with Gasteiger partial charge in [-0.1, -0.05) is 18.2 Å². The number of nitrogens with two attached hydrogens (primary N) is 1. The Morgan fingerprint density at radius 3 is 2.69 bits per heavy atom. The second-order valence-corrected chi connectivity index (χ2v) is 5.25. The summed E-state index contributed by atoms with van der Waals surface area (Å²) in [6.07, 6.45) is -2.33. The molecule has 2 aromatic heterocycles. The zero-order valence-corrected chi connectivity index (χ0v) is 13.0. The van der Waals surface area contributed by atoms with Crippen LogP contribution in [0.25, 0.3) is 5.65 Å². The number of nitrogens with one attached hydrogen (secondary N) is 1. The third kappa shape index (κ3) is 3.50. The topological polar surface area (TPSA) is 105 Å². The number of aromatic nitrogens is 4. The molecule has 26 heavy (non-hydrogen) atoms. The maximum absolute atomic E-state index is 13.9. The Morgan fingerprint density at radius 1 is 1.27 bits per heavy atom. The van der Waals surface area contributed by atoms with Crippen molar-refractivity contribution in [3.63, 3.8) is 0 Å². The second kappa shape index (κ2) is 6.50. The lowest BCUT2D eigenvalue weighted by Gasteiger charge is -2.08. The van der Waals surface area contributed by atoms with Crippen molar-refractivity contribution in [3.8, 4) is 0 Å². The maximum Gasteiger partial charge on any atom is 0.451 e. The van der Waals surface area contributed by atoms with Gasteiger partial charge < -0.3 is 5.73 Å². The summed E-state index contributed by atoms with van der Waals surface area (Å²) in [5.74, 6) is -2.91. The van der Waals surface area contributed by atoms with Gasteiger partial charge in [0.15, 0.2) is 11.5 Å². The van der Waals surface area contributed by atoms with Crippen molar-refractivity contribution in [3.05, 3.63) is 59.6 Å². The number of hydrogen-bond donors (Lipinski definition) is 2. The van der Waals surface area contributed by atoms with E-state index in [1.54, 1.807) is 12.1 Å². The minimum absolute atomic E-state index is 0.0205. The van der Waals surface area contributed by atoms with Gasteiger partial charge in [0.2, 0.25) is 5.84 Å². The van der Waals surface area contributed by atoms with Crippen molar-refractivity contribution in [1.29, 1.82) is 5.41 Å². The van der Waals surface area contributed by atoms with E-state index in [1.165, 1.54) is 29.1 Å². The molecule has 11 heteroatoms. The van der Waals surface area contributed by atoms with E-state index in [1.807, 2.05) is 0 Å². The Bertz CT molecular complexity index is 1010. The molecule has 0 atom stereocenters. The monoisotopic (exact) mass is 365 g/mol. The predicted octanol–water partition coefficient (Wildman–Crippen LogP) is 2.10. The van der Waals surface area contributed by atoms with Gasteiger partial charge in [0.25, 0.3) is 0 Å². The highest BCUT2D eigenvalue weighted by Gasteiger charge is 2.35. The average Bonchev–Trinajstić information content (AvgIpc) is 3.04. The van der Waals surface area contributed by atoms with Crippen LogP contribution in [0.4, 0.5) is 17.6 Å². The quantitative estimate of drug-likeness (QED) is 0.421. The van der Waals surface area contributed by atoms with Crippen molar-refractivity contribution in [2.75, 3.05) is 0 Å². The minimum atomic E-state index is -4.93. The Hall–Kier alpha value is -3.37. The average molecular weight is 365 g/mol.